The molecule has 1 aromatic heterocycles. The summed E-state index contributed by atoms with van der Waals surface area (Å²) in [6.45, 7) is 1.52. The molecule has 9 heteroatoms. The predicted octanol–water partition coefficient (Wildman–Crippen LogP) is 7.59. The van der Waals surface area contributed by atoms with Crippen molar-refractivity contribution >= 4 is 29.1 Å². The van der Waals surface area contributed by atoms with Gasteiger partial charge in [0.15, 0.2) is 6.61 Å². The molecule has 35 heavy (non-hydrogen) atoms. The molecule has 4 rings (SSSR count). The van der Waals surface area contributed by atoms with E-state index in [1.54, 1.807) is 29.2 Å². The number of carboxylic acid groups (broad SMARTS) is 1. The van der Waals surface area contributed by atoms with Gasteiger partial charge in [0.25, 0.3) is 0 Å². The largest absolute Gasteiger partial charge is 0.482 e. The number of fused-ring (bicyclic) bond motifs is 1. The summed E-state index contributed by atoms with van der Waals surface area (Å²) in [5.41, 5.74) is 2.02. The highest BCUT2D eigenvalue weighted by Crippen LogP contribution is 2.40. The van der Waals surface area contributed by atoms with E-state index in [-0.39, 0.29) is 12.5 Å². The Hall–Kier alpha value is -2.52. The van der Waals surface area contributed by atoms with E-state index in [4.69, 9.17) is 14.8 Å². The van der Waals surface area contributed by atoms with Crippen LogP contribution in [0.2, 0.25) is 0 Å². The fourth-order valence-corrected chi connectivity index (χ4v) is 6.49. The van der Waals surface area contributed by atoms with Crippen LogP contribution in [0.3, 0.4) is 0 Å². The van der Waals surface area contributed by atoms with Crippen LogP contribution in [-0.4, -0.2) is 28.4 Å². The van der Waals surface area contributed by atoms with Crippen molar-refractivity contribution in [2.24, 2.45) is 0 Å². The van der Waals surface area contributed by atoms with E-state index in [0.717, 1.165) is 71.2 Å². The average Bonchev–Trinajstić information content (AvgIpc) is 3.21. The number of thioether (sulfide) groups is 1. The molecule has 1 N–H and O–H groups in total. The molecule has 1 aliphatic carbocycles. The van der Waals surface area contributed by atoms with Crippen LogP contribution in [0.15, 0.2) is 47.4 Å². The van der Waals surface area contributed by atoms with Crippen LogP contribution in [0.25, 0.3) is 10.6 Å². The molecule has 186 valence electrons. The van der Waals surface area contributed by atoms with Crippen LogP contribution in [0.5, 0.6) is 5.75 Å². The van der Waals surface area contributed by atoms with Gasteiger partial charge in [-0.1, -0.05) is 25.0 Å². The lowest BCUT2D eigenvalue weighted by molar-refractivity contribution is -0.139. The maximum Gasteiger partial charge on any atom is 0.416 e. The Morgan fingerprint density at radius 2 is 1.94 bits per heavy atom. The number of aliphatic carboxylic acids is 1. The summed E-state index contributed by atoms with van der Waals surface area (Å²) >= 11 is 3.33. The Balaban J connectivity index is 1.50. The summed E-state index contributed by atoms with van der Waals surface area (Å²) in [5, 5.41) is 9.59. The SMILES string of the molecule is Cc1cc(SCC2CCCCCc3sc(-c4ccc(C(F)(F)F)cc4)nc32)ccc1OCC(=O)O. The molecule has 1 unspecified atom stereocenters. The number of ether oxygens (including phenoxy) is 1. The minimum atomic E-state index is -4.35. The fraction of sp³-hybridized carbons (Fsp3) is 0.385. The smallest absolute Gasteiger partial charge is 0.416 e. The van der Waals surface area contributed by atoms with Gasteiger partial charge in [-0.3, -0.25) is 0 Å². The highest BCUT2D eigenvalue weighted by molar-refractivity contribution is 7.99. The minimum absolute atomic E-state index is 0.262. The van der Waals surface area contributed by atoms with E-state index >= 15 is 0 Å². The number of hydrogen-bond acceptors (Lipinski definition) is 5. The summed E-state index contributed by atoms with van der Waals surface area (Å²) in [5.74, 6) is 0.656. The molecular weight excluding hydrogens is 495 g/mol. The number of hydrogen-bond donors (Lipinski definition) is 1. The zero-order valence-corrected chi connectivity index (χ0v) is 20.9. The zero-order valence-electron chi connectivity index (χ0n) is 19.2. The Labute approximate surface area is 210 Å². The Morgan fingerprint density at radius 1 is 1.17 bits per heavy atom. The normalized spacial score (nSPS) is 16.3. The first-order chi connectivity index (χ1) is 16.7. The van der Waals surface area contributed by atoms with Crippen LogP contribution < -0.4 is 4.74 Å². The van der Waals surface area contributed by atoms with Crippen molar-refractivity contribution in [3.63, 3.8) is 0 Å². The van der Waals surface area contributed by atoms with Crippen molar-refractivity contribution < 1.29 is 27.8 Å². The van der Waals surface area contributed by atoms with E-state index in [0.29, 0.717) is 11.3 Å². The number of benzene rings is 2. The van der Waals surface area contributed by atoms with E-state index in [1.165, 1.54) is 17.0 Å². The Bertz CT molecular complexity index is 1180. The first kappa shape index (κ1) is 25.6. The molecule has 0 aliphatic heterocycles. The molecule has 4 nitrogen and oxygen atoms in total. The lowest BCUT2D eigenvalue weighted by Crippen LogP contribution is -2.10. The molecule has 0 spiro atoms. The van der Waals surface area contributed by atoms with Gasteiger partial charge in [-0.05, 0) is 62.1 Å². The quantitative estimate of drug-likeness (QED) is 0.325. The lowest BCUT2D eigenvalue weighted by atomic mass is 9.94. The summed E-state index contributed by atoms with van der Waals surface area (Å²) < 4.78 is 44.2. The number of thiazole rings is 1. The third-order valence-electron chi connectivity index (χ3n) is 5.98. The first-order valence-electron chi connectivity index (χ1n) is 11.5. The molecule has 0 amide bonds. The van der Waals surface area contributed by atoms with Gasteiger partial charge in [0.1, 0.15) is 10.8 Å². The van der Waals surface area contributed by atoms with Crippen molar-refractivity contribution in [1.82, 2.24) is 4.98 Å². The van der Waals surface area contributed by atoms with Gasteiger partial charge < -0.3 is 9.84 Å². The van der Waals surface area contributed by atoms with Crippen molar-refractivity contribution in [2.75, 3.05) is 12.4 Å². The zero-order chi connectivity index (χ0) is 25.0. The van der Waals surface area contributed by atoms with Crippen LogP contribution >= 0.6 is 23.1 Å². The third-order valence-corrected chi connectivity index (χ3v) is 8.31. The number of alkyl halides is 3. The van der Waals surface area contributed by atoms with Crippen molar-refractivity contribution in [1.29, 1.82) is 0 Å². The number of rotatable bonds is 7. The van der Waals surface area contributed by atoms with Gasteiger partial charge >= 0.3 is 12.1 Å². The predicted molar refractivity (Wildman–Crippen MR) is 132 cm³/mol. The van der Waals surface area contributed by atoms with Crippen LogP contribution in [0.4, 0.5) is 13.2 Å². The van der Waals surface area contributed by atoms with Gasteiger partial charge in [0.2, 0.25) is 0 Å². The van der Waals surface area contributed by atoms with Gasteiger partial charge in [0, 0.05) is 27.0 Å². The summed E-state index contributed by atoms with van der Waals surface area (Å²) in [7, 11) is 0. The second kappa shape index (κ2) is 11.0. The van der Waals surface area contributed by atoms with E-state index < -0.39 is 17.7 Å². The number of aromatic nitrogens is 1. The van der Waals surface area contributed by atoms with Gasteiger partial charge in [-0.2, -0.15) is 13.2 Å². The Kier molecular flexibility index (Phi) is 8.06. The second-order valence-electron chi connectivity index (χ2n) is 8.62. The van der Waals surface area contributed by atoms with Crippen molar-refractivity contribution in [3.8, 4) is 16.3 Å². The van der Waals surface area contributed by atoms with Crippen molar-refractivity contribution in [2.45, 2.75) is 56.0 Å². The topological polar surface area (TPSA) is 59.4 Å². The van der Waals surface area contributed by atoms with E-state index in [9.17, 15) is 18.0 Å². The van der Waals surface area contributed by atoms with Gasteiger partial charge in [-0.25, -0.2) is 9.78 Å². The highest BCUT2D eigenvalue weighted by atomic mass is 32.2. The summed E-state index contributed by atoms with van der Waals surface area (Å²) in [4.78, 5) is 18.0. The Morgan fingerprint density at radius 3 is 2.63 bits per heavy atom. The van der Waals surface area contributed by atoms with Crippen LogP contribution in [0, 0.1) is 6.92 Å². The lowest BCUT2D eigenvalue weighted by Gasteiger charge is -2.19. The van der Waals surface area contributed by atoms with Crippen molar-refractivity contribution in [3.05, 3.63) is 64.2 Å². The van der Waals surface area contributed by atoms with Gasteiger partial charge in [-0.15, -0.1) is 23.1 Å². The molecule has 1 aliphatic rings. The molecule has 0 saturated carbocycles. The molecule has 0 saturated heterocycles. The maximum absolute atomic E-state index is 12.9. The number of carbonyl (C=O) groups is 1. The molecule has 3 aromatic rings. The maximum atomic E-state index is 12.9. The fourth-order valence-electron chi connectivity index (χ4n) is 4.15. The minimum Gasteiger partial charge on any atom is -0.482 e. The molecule has 0 bridgehead atoms. The standard InChI is InChI=1S/C26H26F3NO3S2/c1-16-13-20(11-12-21(16)33-14-23(31)32)34-15-18-5-3-2-4-6-22-24(18)30-25(35-22)17-7-9-19(10-8-17)26(27,28)29/h7-13,18H,2-6,14-15H2,1H3,(H,31,32). The number of carboxylic acids is 1. The molecule has 0 fully saturated rings. The number of aryl methyl sites for hydroxylation is 2. The summed E-state index contributed by atoms with van der Waals surface area (Å²) in [6.07, 6.45) is 0.996. The molecular formula is C26H26F3NO3S2. The number of halogens is 3. The van der Waals surface area contributed by atoms with Crippen LogP contribution in [-0.2, 0) is 17.4 Å². The van der Waals surface area contributed by atoms with E-state index in [1.807, 2.05) is 19.1 Å². The first-order valence-corrected chi connectivity index (χ1v) is 13.3. The number of nitrogens with zero attached hydrogens (tertiary/aromatic N) is 1. The summed E-state index contributed by atoms with van der Waals surface area (Å²) in [6, 6.07) is 11.0. The molecule has 2 aromatic carbocycles. The molecule has 1 atom stereocenters. The molecule has 1 heterocycles. The second-order valence-corrected chi connectivity index (χ2v) is 10.8. The average molecular weight is 522 g/mol. The van der Waals surface area contributed by atoms with Crippen LogP contribution in [0.1, 0.15) is 53.3 Å². The van der Waals surface area contributed by atoms with Gasteiger partial charge in [0.05, 0.1) is 11.3 Å². The monoisotopic (exact) mass is 521 g/mol. The molecule has 0 radical (unpaired) electrons. The highest BCUT2D eigenvalue weighted by Gasteiger charge is 2.30. The van der Waals surface area contributed by atoms with E-state index in [2.05, 4.69) is 0 Å². The third kappa shape index (κ3) is 6.58.